The van der Waals surface area contributed by atoms with Crippen LogP contribution in [0.3, 0.4) is 0 Å². The van der Waals surface area contributed by atoms with E-state index >= 15 is 0 Å². The van der Waals surface area contributed by atoms with Crippen molar-refractivity contribution in [3.05, 3.63) is 64.8 Å². The van der Waals surface area contributed by atoms with Crippen molar-refractivity contribution in [2.75, 3.05) is 5.73 Å². The molecule has 4 rings (SSSR count). The lowest BCUT2D eigenvalue weighted by atomic mass is 10.1. The number of carbonyl (C=O) groups is 1. The van der Waals surface area contributed by atoms with Gasteiger partial charge in [0.05, 0.1) is 16.6 Å². The Morgan fingerprint density at radius 2 is 2.00 bits per heavy atom. The highest BCUT2D eigenvalue weighted by Crippen LogP contribution is 2.22. The number of aromatic nitrogens is 2. The van der Waals surface area contributed by atoms with Crippen molar-refractivity contribution in [2.45, 2.75) is 0 Å². The monoisotopic (exact) mass is 307 g/mol. The number of carbonyl (C=O) groups excluding carboxylic acids is 1. The third-order valence-electron chi connectivity index (χ3n) is 3.94. The van der Waals surface area contributed by atoms with E-state index in [1.54, 1.807) is 24.3 Å². The number of hydrogen-bond acceptors (Lipinski definition) is 4. The maximum atomic E-state index is 12.9. The van der Waals surface area contributed by atoms with Gasteiger partial charge in [-0.3, -0.25) is 4.79 Å². The van der Waals surface area contributed by atoms with Gasteiger partial charge < -0.3 is 14.7 Å². The summed E-state index contributed by atoms with van der Waals surface area (Å²) in [7, 11) is 1.86. The van der Waals surface area contributed by atoms with Gasteiger partial charge in [-0.1, -0.05) is 12.1 Å². The molecule has 0 saturated heterocycles. The zero-order chi connectivity index (χ0) is 16.1. The molecule has 2 aromatic carbocycles. The Morgan fingerprint density at radius 1 is 1.17 bits per heavy atom. The van der Waals surface area contributed by atoms with Crippen molar-refractivity contribution in [2.24, 2.45) is 7.05 Å². The minimum Gasteiger partial charge on any atom is -0.407 e. The Kier molecular flexibility index (Phi) is 2.68. The fourth-order valence-corrected chi connectivity index (χ4v) is 2.88. The quantitative estimate of drug-likeness (QED) is 0.547. The Balaban J connectivity index is 2.01. The molecule has 0 unspecified atom stereocenters. The third-order valence-corrected chi connectivity index (χ3v) is 3.94. The first-order valence-corrected chi connectivity index (χ1v) is 7.06. The molecule has 0 radical (unpaired) electrons. The van der Waals surface area contributed by atoms with Gasteiger partial charge in [0.25, 0.3) is 5.91 Å². The van der Waals surface area contributed by atoms with E-state index in [2.05, 4.69) is 0 Å². The van der Waals surface area contributed by atoms with Crippen LogP contribution in [0.5, 0.6) is 0 Å². The van der Waals surface area contributed by atoms with Crippen LogP contribution in [0, 0.1) is 0 Å². The number of anilines is 1. The predicted octanol–water partition coefficient (Wildman–Crippen LogP) is 2.36. The number of nitrogen functional groups attached to an aromatic ring is 1. The van der Waals surface area contributed by atoms with E-state index in [4.69, 9.17) is 10.2 Å². The van der Waals surface area contributed by atoms with Crippen LogP contribution in [-0.2, 0) is 7.05 Å². The summed E-state index contributed by atoms with van der Waals surface area (Å²) in [5.41, 5.74) is 8.07. The molecule has 0 atom stereocenters. The summed E-state index contributed by atoms with van der Waals surface area (Å²) in [6.45, 7) is 0. The second-order valence-electron chi connectivity index (χ2n) is 5.41. The van der Waals surface area contributed by atoms with E-state index < -0.39 is 11.7 Å². The van der Waals surface area contributed by atoms with Gasteiger partial charge in [-0.2, -0.15) is 0 Å². The zero-order valence-corrected chi connectivity index (χ0v) is 12.3. The van der Waals surface area contributed by atoms with Crippen molar-refractivity contribution in [3.63, 3.8) is 0 Å². The van der Waals surface area contributed by atoms with Gasteiger partial charge in [0.15, 0.2) is 5.58 Å². The molecule has 0 fully saturated rings. The second kappa shape index (κ2) is 4.61. The normalized spacial score (nSPS) is 11.3. The first-order chi connectivity index (χ1) is 11.1. The Labute approximate surface area is 130 Å². The number of oxazole rings is 1. The molecule has 0 aliphatic rings. The Morgan fingerprint density at radius 3 is 2.83 bits per heavy atom. The van der Waals surface area contributed by atoms with E-state index in [1.807, 2.05) is 29.9 Å². The zero-order valence-electron chi connectivity index (χ0n) is 12.3. The highest BCUT2D eigenvalue weighted by atomic mass is 16.4. The SMILES string of the molecule is Cn1ccc2cccc(C(=O)n3c(=O)oc4cc(N)ccc43)c21. The summed E-state index contributed by atoms with van der Waals surface area (Å²) >= 11 is 0. The van der Waals surface area contributed by atoms with Crippen molar-refractivity contribution >= 4 is 33.6 Å². The molecule has 114 valence electrons. The number of para-hydroxylation sites is 1. The van der Waals surface area contributed by atoms with Gasteiger partial charge in [-0.15, -0.1) is 0 Å². The van der Waals surface area contributed by atoms with Crippen LogP contribution < -0.4 is 11.5 Å². The maximum Gasteiger partial charge on any atom is 0.427 e. The van der Waals surface area contributed by atoms with Crippen LogP contribution in [-0.4, -0.2) is 15.0 Å². The summed E-state index contributed by atoms with van der Waals surface area (Å²) in [6, 6.07) is 12.1. The van der Waals surface area contributed by atoms with Gasteiger partial charge >= 0.3 is 5.76 Å². The van der Waals surface area contributed by atoms with Gasteiger partial charge in [0.2, 0.25) is 0 Å². The number of aryl methyl sites for hydroxylation is 1. The minimum atomic E-state index is -0.721. The van der Waals surface area contributed by atoms with Crippen LogP contribution in [0.25, 0.3) is 22.0 Å². The van der Waals surface area contributed by atoms with Crippen LogP contribution in [0.2, 0.25) is 0 Å². The van der Waals surface area contributed by atoms with Gasteiger partial charge in [0, 0.05) is 30.4 Å². The molecule has 6 nitrogen and oxygen atoms in total. The standard InChI is InChI=1S/C17H13N3O3/c1-19-8-7-10-3-2-4-12(15(10)19)16(21)20-13-6-5-11(18)9-14(13)23-17(20)22/h2-9H,18H2,1H3. The average molecular weight is 307 g/mol. The number of nitrogens with zero attached hydrogens (tertiary/aromatic N) is 2. The fraction of sp³-hybridized carbons (Fsp3) is 0.0588. The molecule has 6 heteroatoms. The molecule has 2 N–H and O–H groups in total. The van der Waals surface area contributed by atoms with Crippen LogP contribution in [0.1, 0.15) is 10.4 Å². The first-order valence-electron chi connectivity index (χ1n) is 7.06. The number of fused-ring (bicyclic) bond motifs is 2. The largest absolute Gasteiger partial charge is 0.427 e. The molecular weight excluding hydrogens is 294 g/mol. The molecule has 0 spiro atoms. The molecule has 0 saturated carbocycles. The fourth-order valence-electron chi connectivity index (χ4n) is 2.88. The topological polar surface area (TPSA) is 83.2 Å². The van der Waals surface area contributed by atoms with E-state index in [1.165, 1.54) is 6.07 Å². The van der Waals surface area contributed by atoms with Gasteiger partial charge in [-0.25, -0.2) is 9.36 Å². The lowest BCUT2D eigenvalue weighted by Crippen LogP contribution is -2.23. The average Bonchev–Trinajstić information content (AvgIpc) is 3.06. The number of hydrogen-bond donors (Lipinski definition) is 1. The van der Waals surface area contributed by atoms with Crippen molar-refractivity contribution in [1.29, 1.82) is 0 Å². The smallest absolute Gasteiger partial charge is 0.407 e. The first kappa shape index (κ1) is 13.4. The van der Waals surface area contributed by atoms with E-state index in [0.29, 0.717) is 22.4 Å². The van der Waals surface area contributed by atoms with Gasteiger partial charge in [-0.05, 0) is 24.3 Å². The summed E-state index contributed by atoms with van der Waals surface area (Å²) in [4.78, 5) is 25.1. The highest BCUT2D eigenvalue weighted by molar-refractivity contribution is 6.09. The number of nitrogens with two attached hydrogens (primary N) is 1. The van der Waals surface area contributed by atoms with Crippen molar-refractivity contribution < 1.29 is 9.21 Å². The summed E-state index contributed by atoms with van der Waals surface area (Å²) in [5.74, 6) is -1.15. The maximum absolute atomic E-state index is 12.9. The molecule has 2 aromatic heterocycles. The van der Waals surface area contributed by atoms with E-state index in [9.17, 15) is 9.59 Å². The minimum absolute atomic E-state index is 0.294. The molecule has 23 heavy (non-hydrogen) atoms. The van der Waals surface area contributed by atoms with E-state index in [0.717, 1.165) is 15.5 Å². The molecule has 4 aromatic rings. The predicted molar refractivity (Wildman–Crippen MR) is 87.5 cm³/mol. The lowest BCUT2D eigenvalue weighted by molar-refractivity contribution is 0.0958. The van der Waals surface area contributed by atoms with Gasteiger partial charge in [0.1, 0.15) is 0 Å². The lowest BCUT2D eigenvalue weighted by Gasteiger charge is -2.06. The summed E-state index contributed by atoms with van der Waals surface area (Å²) < 4.78 is 8.04. The third kappa shape index (κ3) is 1.88. The Hall–Kier alpha value is -3.28. The summed E-state index contributed by atoms with van der Waals surface area (Å²) in [6.07, 6.45) is 1.87. The van der Waals surface area contributed by atoms with E-state index in [-0.39, 0.29) is 0 Å². The van der Waals surface area contributed by atoms with Crippen molar-refractivity contribution in [1.82, 2.24) is 9.13 Å². The van der Waals surface area contributed by atoms with Crippen LogP contribution in [0.4, 0.5) is 5.69 Å². The van der Waals surface area contributed by atoms with Crippen LogP contribution >= 0.6 is 0 Å². The summed E-state index contributed by atoms with van der Waals surface area (Å²) in [5, 5.41) is 0.934. The molecule has 0 bridgehead atoms. The molecular formula is C17H13N3O3. The highest BCUT2D eigenvalue weighted by Gasteiger charge is 2.20. The number of benzene rings is 2. The number of rotatable bonds is 1. The molecule has 2 heterocycles. The second-order valence-corrected chi connectivity index (χ2v) is 5.41. The molecule has 0 aliphatic heterocycles. The Bertz CT molecular complexity index is 1130. The molecule has 0 aliphatic carbocycles. The molecule has 0 amide bonds. The van der Waals surface area contributed by atoms with Crippen LogP contribution in [0.15, 0.2) is 57.9 Å². The van der Waals surface area contributed by atoms with Crippen molar-refractivity contribution in [3.8, 4) is 0 Å².